The first-order valence-corrected chi connectivity index (χ1v) is 8.04. The lowest BCUT2D eigenvalue weighted by Gasteiger charge is -2.27. The smallest absolute Gasteiger partial charge is 0.333 e. The number of ether oxygens (including phenoxy) is 2. The number of methoxy groups -OCH3 is 1. The van der Waals surface area contributed by atoms with E-state index >= 15 is 0 Å². The second-order valence-corrected chi connectivity index (χ2v) is 6.39. The van der Waals surface area contributed by atoms with Gasteiger partial charge in [0.05, 0.1) is 18.7 Å². The first kappa shape index (κ1) is 15.9. The van der Waals surface area contributed by atoms with Crippen molar-refractivity contribution in [1.82, 2.24) is 29.8 Å². The Labute approximate surface area is 142 Å². The van der Waals surface area contributed by atoms with Crippen LogP contribution in [0.1, 0.15) is 19.7 Å². The summed E-state index contributed by atoms with van der Waals surface area (Å²) < 4.78 is 12.2. The number of aromatic amines is 1. The van der Waals surface area contributed by atoms with Gasteiger partial charge in [-0.3, -0.25) is 0 Å². The summed E-state index contributed by atoms with van der Waals surface area (Å²) in [5.74, 6) is 1.11. The van der Waals surface area contributed by atoms with Crippen LogP contribution in [0.4, 0.5) is 5.82 Å². The maximum absolute atomic E-state index is 12.6. The third-order valence-electron chi connectivity index (χ3n) is 4.48. The molecule has 4 heterocycles. The molecular formula is C15H19N7O3. The molecule has 0 aliphatic carbocycles. The Kier molecular flexibility index (Phi) is 3.65. The zero-order valence-electron chi connectivity index (χ0n) is 14.3. The van der Waals surface area contributed by atoms with Crippen molar-refractivity contribution in [3.05, 3.63) is 22.4 Å². The molecule has 10 nitrogen and oxygen atoms in total. The lowest BCUT2D eigenvalue weighted by molar-refractivity contribution is 0.0104. The van der Waals surface area contributed by atoms with Crippen molar-refractivity contribution in [3.63, 3.8) is 0 Å². The number of anilines is 1. The summed E-state index contributed by atoms with van der Waals surface area (Å²) in [5, 5.41) is 16.8. The topological polar surface area (TPSA) is 111 Å². The average molecular weight is 345 g/mol. The Hall–Kier alpha value is -2.59. The number of nitrogens with zero attached hydrogens (tertiary/aromatic N) is 6. The first-order chi connectivity index (χ1) is 12.0. The number of morpholine rings is 1. The third-order valence-corrected chi connectivity index (χ3v) is 4.48. The molecule has 10 heteroatoms. The predicted molar refractivity (Wildman–Crippen MR) is 89.8 cm³/mol. The highest BCUT2D eigenvalue weighted by Gasteiger charge is 2.28. The standard InChI is InChI=1S/C15H19N7O3/c1-15(2,24-3)13-20-19-12-11-9(16-14(23)22(12)13)8-10(17-18-11)21-4-6-25-7-5-21/h8H,4-7H2,1-3H3,(H,16,23). The lowest BCUT2D eigenvalue weighted by Crippen LogP contribution is -2.37. The number of rotatable bonds is 3. The van der Waals surface area contributed by atoms with Crippen LogP contribution in [0, 0.1) is 0 Å². The SMILES string of the molecule is COC(C)(C)c1nnc2c3nnc(N4CCOCC4)cc3[nH]c(=O)n12. The molecular weight excluding hydrogens is 326 g/mol. The average Bonchev–Trinajstić information content (AvgIpc) is 3.09. The van der Waals surface area contributed by atoms with Crippen molar-refractivity contribution in [2.24, 2.45) is 0 Å². The molecule has 4 rings (SSSR count). The van der Waals surface area contributed by atoms with Crippen LogP contribution in [0.5, 0.6) is 0 Å². The number of fused-ring (bicyclic) bond motifs is 3. The van der Waals surface area contributed by atoms with Crippen molar-refractivity contribution < 1.29 is 9.47 Å². The van der Waals surface area contributed by atoms with Crippen LogP contribution in [-0.2, 0) is 15.1 Å². The van der Waals surface area contributed by atoms with Gasteiger partial charge in [0.15, 0.2) is 22.8 Å². The Balaban J connectivity index is 1.89. The van der Waals surface area contributed by atoms with Gasteiger partial charge in [0.1, 0.15) is 5.60 Å². The van der Waals surface area contributed by atoms with Crippen molar-refractivity contribution >= 4 is 22.5 Å². The van der Waals surface area contributed by atoms with Crippen LogP contribution < -0.4 is 10.6 Å². The van der Waals surface area contributed by atoms with Crippen LogP contribution in [0.3, 0.4) is 0 Å². The highest BCUT2D eigenvalue weighted by Crippen LogP contribution is 2.24. The summed E-state index contributed by atoms with van der Waals surface area (Å²) in [6.07, 6.45) is 0. The van der Waals surface area contributed by atoms with E-state index < -0.39 is 5.60 Å². The highest BCUT2D eigenvalue weighted by atomic mass is 16.5. The molecule has 0 saturated carbocycles. The second-order valence-electron chi connectivity index (χ2n) is 6.39. The van der Waals surface area contributed by atoms with Gasteiger partial charge in [-0.05, 0) is 13.8 Å². The van der Waals surface area contributed by atoms with E-state index in [1.54, 1.807) is 7.11 Å². The largest absolute Gasteiger partial charge is 0.378 e. The van der Waals surface area contributed by atoms with E-state index in [0.717, 1.165) is 13.1 Å². The molecule has 132 valence electrons. The molecule has 3 aromatic rings. The quantitative estimate of drug-likeness (QED) is 0.710. The lowest BCUT2D eigenvalue weighted by atomic mass is 10.1. The van der Waals surface area contributed by atoms with Gasteiger partial charge in [0.2, 0.25) is 0 Å². The minimum Gasteiger partial charge on any atom is -0.378 e. The fourth-order valence-electron chi connectivity index (χ4n) is 2.87. The number of aromatic nitrogens is 6. The highest BCUT2D eigenvalue weighted by molar-refractivity contribution is 5.87. The first-order valence-electron chi connectivity index (χ1n) is 8.04. The zero-order valence-corrected chi connectivity index (χ0v) is 14.3. The molecule has 0 bridgehead atoms. The van der Waals surface area contributed by atoms with E-state index in [2.05, 4.69) is 30.3 Å². The monoisotopic (exact) mass is 345 g/mol. The van der Waals surface area contributed by atoms with E-state index in [-0.39, 0.29) is 5.69 Å². The summed E-state index contributed by atoms with van der Waals surface area (Å²) in [7, 11) is 1.56. The van der Waals surface area contributed by atoms with E-state index in [0.29, 0.717) is 41.5 Å². The summed E-state index contributed by atoms with van der Waals surface area (Å²) in [6, 6.07) is 1.81. The molecule has 1 fully saturated rings. The van der Waals surface area contributed by atoms with E-state index in [1.807, 2.05) is 19.9 Å². The summed E-state index contributed by atoms with van der Waals surface area (Å²) in [6.45, 7) is 6.41. The fraction of sp³-hybridized carbons (Fsp3) is 0.533. The van der Waals surface area contributed by atoms with Gasteiger partial charge in [0, 0.05) is 26.3 Å². The van der Waals surface area contributed by atoms with Gasteiger partial charge >= 0.3 is 5.69 Å². The summed E-state index contributed by atoms with van der Waals surface area (Å²) in [4.78, 5) is 17.5. The fourth-order valence-corrected chi connectivity index (χ4v) is 2.87. The van der Waals surface area contributed by atoms with Crippen LogP contribution >= 0.6 is 0 Å². The number of nitrogens with one attached hydrogen (secondary N) is 1. The van der Waals surface area contributed by atoms with Gasteiger partial charge in [-0.15, -0.1) is 20.4 Å². The molecule has 0 amide bonds. The molecule has 1 aliphatic rings. The van der Waals surface area contributed by atoms with Gasteiger partial charge in [0.25, 0.3) is 0 Å². The normalized spacial score (nSPS) is 16.0. The van der Waals surface area contributed by atoms with Gasteiger partial charge in [-0.1, -0.05) is 0 Å². The number of hydrogen-bond donors (Lipinski definition) is 1. The maximum atomic E-state index is 12.6. The summed E-state index contributed by atoms with van der Waals surface area (Å²) in [5.41, 5.74) is 0.320. The molecule has 1 aliphatic heterocycles. The molecule has 0 aromatic carbocycles. The summed E-state index contributed by atoms with van der Waals surface area (Å²) >= 11 is 0. The van der Waals surface area contributed by atoms with Gasteiger partial charge < -0.3 is 19.4 Å². The Bertz CT molecular complexity index is 988. The van der Waals surface area contributed by atoms with Crippen LogP contribution in [0.2, 0.25) is 0 Å². The van der Waals surface area contributed by atoms with Crippen molar-refractivity contribution in [2.75, 3.05) is 38.3 Å². The maximum Gasteiger partial charge on any atom is 0.333 e. The number of hydrogen-bond acceptors (Lipinski definition) is 8. The van der Waals surface area contributed by atoms with E-state index in [4.69, 9.17) is 9.47 Å². The van der Waals surface area contributed by atoms with E-state index in [1.165, 1.54) is 4.40 Å². The van der Waals surface area contributed by atoms with Gasteiger partial charge in [-0.25, -0.2) is 9.20 Å². The molecule has 0 atom stereocenters. The Morgan fingerprint density at radius 2 is 1.96 bits per heavy atom. The Morgan fingerprint density at radius 3 is 2.68 bits per heavy atom. The zero-order chi connectivity index (χ0) is 17.6. The van der Waals surface area contributed by atoms with Crippen LogP contribution in [-0.4, -0.2) is 63.2 Å². The molecule has 0 radical (unpaired) electrons. The Morgan fingerprint density at radius 1 is 1.20 bits per heavy atom. The molecule has 3 aromatic heterocycles. The van der Waals surface area contributed by atoms with Crippen molar-refractivity contribution in [1.29, 1.82) is 0 Å². The van der Waals surface area contributed by atoms with E-state index in [9.17, 15) is 4.79 Å². The third kappa shape index (κ3) is 2.53. The number of H-pyrrole nitrogens is 1. The second kappa shape index (κ2) is 5.74. The minimum atomic E-state index is -0.763. The molecule has 25 heavy (non-hydrogen) atoms. The van der Waals surface area contributed by atoms with Gasteiger partial charge in [-0.2, -0.15) is 0 Å². The predicted octanol–water partition coefficient (Wildman–Crippen LogP) is 0.0789. The van der Waals surface area contributed by atoms with Crippen LogP contribution in [0.25, 0.3) is 16.7 Å². The molecule has 1 saturated heterocycles. The van der Waals surface area contributed by atoms with Crippen LogP contribution in [0.15, 0.2) is 10.9 Å². The van der Waals surface area contributed by atoms with Crippen molar-refractivity contribution in [3.8, 4) is 0 Å². The van der Waals surface area contributed by atoms with Crippen molar-refractivity contribution in [2.45, 2.75) is 19.4 Å². The molecule has 1 N–H and O–H groups in total. The minimum absolute atomic E-state index is 0.339. The molecule has 0 unspecified atom stereocenters. The molecule has 0 spiro atoms.